The van der Waals surface area contributed by atoms with Crippen molar-refractivity contribution in [2.24, 2.45) is 0 Å². The first kappa shape index (κ1) is 17.7. The number of nitrogens with zero attached hydrogens (tertiary/aromatic N) is 1. The van der Waals surface area contributed by atoms with Crippen LogP contribution in [0.5, 0.6) is 5.75 Å². The number of para-hydroxylation sites is 2. The van der Waals surface area contributed by atoms with Crippen molar-refractivity contribution in [2.75, 3.05) is 17.7 Å². The number of benzene rings is 2. The molecule has 7 heteroatoms. The zero-order chi connectivity index (χ0) is 18.5. The standard InChI is InChI=1S/C19H15ClFN3O2/c1-26-18-5-3-2-4-17(18)23-14-8-12(10-22-11-14)19(25)24-13-6-7-16(21)15(20)9-13/h2-11,23H,1H3,(H,24,25). The third-order valence-electron chi connectivity index (χ3n) is 3.56. The molecule has 0 saturated carbocycles. The van der Waals surface area contributed by atoms with Crippen molar-refractivity contribution in [2.45, 2.75) is 0 Å². The molecule has 26 heavy (non-hydrogen) atoms. The Kier molecular flexibility index (Phi) is 5.34. The Morgan fingerprint density at radius 1 is 1.12 bits per heavy atom. The maximum atomic E-state index is 13.2. The Balaban J connectivity index is 1.78. The van der Waals surface area contributed by atoms with Crippen LogP contribution in [0.25, 0.3) is 0 Å². The quantitative estimate of drug-likeness (QED) is 0.671. The van der Waals surface area contributed by atoms with Gasteiger partial charge in [-0.3, -0.25) is 9.78 Å². The predicted molar refractivity (Wildman–Crippen MR) is 99.9 cm³/mol. The van der Waals surface area contributed by atoms with Crippen molar-refractivity contribution in [3.8, 4) is 5.75 Å². The highest BCUT2D eigenvalue weighted by molar-refractivity contribution is 6.31. The molecule has 0 bridgehead atoms. The number of ether oxygens (including phenoxy) is 1. The van der Waals surface area contributed by atoms with Gasteiger partial charge >= 0.3 is 0 Å². The van der Waals surface area contributed by atoms with E-state index in [-0.39, 0.29) is 10.9 Å². The molecule has 0 aliphatic rings. The maximum Gasteiger partial charge on any atom is 0.257 e. The second-order valence-corrected chi connectivity index (χ2v) is 5.78. The Morgan fingerprint density at radius 3 is 2.69 bits per heavy atom. The van der Waals surface area contributed by atoms with Crippen molar-refractivity contribution in [1.82, 2.24) is 4.98 Å². The van der Waals surface area contributed by atoms with E-state index in [1.165, 1.54) is 24.4 Å². The Hall–Kier alpha value is -3.12. The fourth-order valence-corrected chi connectivity index (χ4v) is 2.49. The molecule has 3 rings (SSSR count). The lowest BCUT2D eigenvalue weighted by atomic mass is 10.2. The van der Waals surface area contributed by atoms with Crippen LogP contribution in [0.15, 0.2) is 60.9 Å². The number of amides is 1. The van der Waals surface area contributed by atoms with Gasteiger partial charge in [-0.1, -0.05) is 23.7 Å². The van der Waals surface area contributed by atoms with Crippen molar-refractivity contribution < 1.29 is 13.9 Å². The number of aromatic nitrogens is 1. The summed E-state index contributed by atoms with van der Waals surface area (Å²) in [6.07, 6.45) is 3.03. The van der Waals surface area contributed by atoms with E-state index < -0.39 is 5.82 Å². The average Bonchev–Trinajstić information content (AvgIpc) is 2.65. The molecule has 0 radical (unpaired) electrons. The molecule has 3 aromatic rings. The van der Waals surface area contributed by atoms with Gasteiger partial charge in [0.15, 0.2) is 0 Å². The summed E-state index contributed by atoms with van der Waals surface area (Å²) in [7, 11) is 1.58. The van der Waals surface area contributed by atoms with Crippen LogP contribution in [0.4, 0.5) is 21.5 Å². The second-order valence-electron chi connectivity index (χ2n) is 5.37. The fraction of sp³-hybridized carbons (Fsp3) is 0.0526. The Labute approximate surface area is 154 Å². The van der Waals surface area contributed by atoms with Gasteiger partial charge < -0.3 is 15.4 Å². The van der Waals surface area contributed by atoms with E-state index in [9.17, 15) is 9.18 Å². The molecule has 5 nitrogen and oxygen atoms in total. The number of anilines is 3. The fourth-order valence-electron chi connectivity index (χ4n) is 2.31. The number of carbonyl (C=O) groups excluding carboxylic acids is 1. The second kappa shape index (κ2) is 7.84. The smallest absolute Gasteiger partial charge is 0.257 e. The summed E-state index contributed by atoms with van der Waals surface area (Å²) in [5.74, 6) is -0.263. The number of carbonyl (C=O) groups is 1. The van der Waals surface area contributed by atoms with E-state index in [1.807, 2.05) is 24.3 Å². The first-order valence-corrected chi connectivity index (χ1v) is 8.06. The largest absolute Gasteiger partial charge is 0.495 e. The number of nitrogens with one attached hydrogen (secondary N) is 2. The van der Waals surface area contributed by atoms with Gasteiger partial charge in [0, 0.05) is 11.9 Å². The van der Waals surface area contributed by atoms with Crippen molar-refractivity contribution in [1.29, 1.82) is 0 Å². The SMILES string of the molecule is COc1ccccc1Nc1cncc(C(=O)Nc2ccc(F)c(Cl)c2)c1. The molecule has 0 unspecified atom stereocenters. The monoisotopic (exact) mass is 371 g/mol. The molecule has 0 saturated heterocycles. The van der Waals surface area contributed by atoms with E-state index in [0.29, 0.717) is 22.7 Å². The minimum atomic E-state index is -0.547. The number of rotatable bonds is 5. The number of hydrogen-bond acceptors (Lipinski definition) is 4. The van der Waals surface area contributed by atoms with Crippen LogP contribution < -0.4 is 15.4 Å². The highest BCUT2D eigenvalue weighted by Crippen LogP contribution is 2.27. The molecular weight excluding hydrogens is 357 g/mol. The number of halogens is 2. The molecule has 132 valence electrons. The lowest BCUT2D eigenvalue weighted by Gasteiger charge is -2.11. The molecule has 1 amide bonds. The summed E-state index contributed by atoms with van der Waals surface area (Å²) in [4.78, 5) is 16.5. The lowest BCUT2D eigenvalue weighted by Crippen LogP contribution is -2.12. The van der Waals surface area contributed by atoms with Crippen LogP contribution in [0.3, 0.4) is 0 Å². The predicted octanol–water partition coefficient (Wildman–Crippen LogP) is 4.88. The highest BCUT2D eigenvalue weighted by atomic mass is 35.5. The third-order valence-corrected chi connectivity index (χ3v) is 3.85. The van der Waals surface area contributed by atoms with Gasteiger partial charge in [0.25, 0.3) is 5.91 Å². The van der Waals surface area contributed by atoms with Crippen LogP contribution in [0.2, 0.25) is 5.02 Å². The van der Waals surface area contributed by atoms with Crippen molar-refractivity contribution in [3.63, 3.8) is 0 Å². The minimum absolute atomic E-state index is 0.0625. The minimum Gasteiger partial charge on any atom is -0.495 e. The van der Waals surface area contributed by atoms with Crippen LogP contribution in [0.1, 0.15) is 10.4 Å². The molecular formula is C19H15ClFN3O2. The van der Waals surface area contributed by atoms with Crippen LogP contribution in [-0.4, -0.2) is 18.0 Å². The molecule has 2 aromatic carbocycles. The first-order chi connectivity index (χ1) is 12.6. The molecule has 0 aliphatic heterocycles. The van der Waals surface area contributed by atoms with Crippen molar-refractivity contribution in [3.05, 3.63) is 77.3 Å². The molecule has 1 aromatic heterocycles. The normalized spacial score (nSPS) is 10.3. The van der Waals surface area contributed by atoms with Gasteiger partial charge in [-0.05, 0) is 36.4 Å². The van der Waals surface area contributed by atoms with Gasteiger partial charge in [-0.15, -0.1) is 0 Å². The summed E-state index contributed by atoms with van der Waals surface area (Å²) in [5.41, 5.74) is 2.11. The van der Waals surface area contributed by atoms with E-state index in [1.54, 1.807) is 19.4 Å². The number of methoxy groups -OCH3 is 1. The zero-order valence-electron chi connectivity index (χ0n) is 13.8. The summed E-state index contributed by atoms with van der Waals surface area (Å²) < 4.78 is 18.5. The van der Waals surface area contributed by atoms with Crippen LogP contribution in [0, 0.1) is 5.82 Å². The van der Waals surface area contributed by atoms with Gasteiger partial charge in [-0.25, -0.2) is 4.39 Å². The van der Waals surface area contributed by atoms with Crippen molar-refractivity contribution >= 4 is 34.6 Å². The lowest BCUT2D eigenvalue weighted by molar-refractivity contribution is 0.102. The summed E-state index contributed by atoms with van der Waals surface area (Å²) >= 11 is 5.73. The molecule has 0 fully saturated rings. The summed E-state index contributed by atoms with van der Waals surface area (Å²) in [6, 6.07) is 13.0. The third kappa shape index (κ3) is 4.10. The molecule has 2 N–H and O–H groups in total. The van der Waals surface area contributed by atoms with Gasteiger partial charge in [-0.2, -0.15) is 0 Å². The van der Waals surface area contributed by atoms with E-state index in [2.05, 4.69) is 15.6 Å². The van der Waals surface area contributed by atoms with Gasteiger partial charge in [0.05, 0.1) is 35.3 Å². The Bertz CT molecular complexity index is 950. The summed E-state index contributed by atoms with van der Waals surface area (Å²) in [5, 5.41) is 5.76. The topological polar surface area (TPSA) is 63.2 Å². The molecule has 0 aliphatic carbocycles. The number of pyridine rings is 1. The van der Waals surface area contributed by atoms with Crippen LogP contribution >= 0.6 is 11.6 Å². The highest BCUT2D eigenvalue weighted by Gasteiger charge is 2.10. The average molecular weight is 372 g/mol. The molecule has 0 atom stereocenters. The van der Waals surface area contributed by atoms with Gasteiger partial charge in [0.1, 0.15) is 11.6 Å². The zero-order valence-corrected chi connectivity index (χ0v) is 14.5. The van der Waals surface area contributed by atoms with Crippen LogP contribution in [-0.2, 0) is 0 Å². The molecule has 0 spiro atoms. The summed E-state index contributed by atoms with van der Waals surface area (Å²) in [6.45, 7) is 0. The maximum absolute atomic E-state index is 13.2. The van der Waals surface area contributed by atoms with E-state index in [4.69, 9.17) is 16.3 Å². The molecule has 1 heterocycles. The van der Waals surface area contributed by atoms with E-state index >= 15 is 0 Å². The number of hydrogen-bond donors (Lipinski definition) is 2. The Morgan fingerprint density at radius 2 is 1.92 bits per heavy atom. The van der Waals surface area contributed by atoms with E-state index in [0.717, 1.165) is 5.69 Å². The van der Waals surface area contributed by atoms with Gasteiger partial charge in [0.2, 0.25) is 0 Å². The first-order valence-electron chi connectivity index (χ1n) is 7.68.